The number of hydrogen-bond acceptors (Lipinski definition) is 8. The molecule has 1 aliphatic rings. The molecule has 1 unspecified atom stereocenters. The van der Waals surface area contributed by atoms with Crippen LogP contribution in [0.3, 0.4) is 0 Å². The van der Waals surface area contributed by atoms with Crippen LogP contribution in [-0.2, 0) is 0 Å². The summed E-state index contributed by atoms with van der Waals surface area (Å²) in [6, 6.07) is 13.5. The summed E-state index contributed by atoms with van der Waals surface area (Å²) in [5.74, 6) is 0.176. The molecule has 0 saturated carbocycles. The number of rotatable bonds is 2. The molecule has 152 valence electrons. The summed E-state index contributed by atoms with van der Waals surface area (Å²) >= 11 is 0. The van der Waals surface area contributed by atoms with Crippen LogP contribution in [0.5, 0.6) is 0 Å². The van der Waals surface area contributed by atoms with E-state index in [2.05, 4.69) is 20.6 Å². The van der Waals surface area contributed by atoms with Crippen LogP contribution < -0.4 is 22.1 Å². The molecule has 1 aliphatic heterocycles. The van der Waals surface area contributed by atoms with Crippen molar-refractivity contribution in [3.63, 3.8) is 0 Å². The number of nitrogens with two attached hydrogens (primary N) is 2. The molecule has 31 heavy (non-hydrogen) atoms. The van der Waals surface area contributed by atoms with Crippen molar-refractivity contribution in [3.05, 3.63) is 70.5 Å². The van der Waals surface area contributed by atoms with Gasteiger partial charge in [0.1, 0.15) is 35.1 Å². The van der Waals surface area contributed by atoms with Crippen molar-refractivity contribution in [2.24, 2.45) is 4.99 Å². The number of nitrogens with one attached hydrogen (secondary N) is 2. The highest BCUT2D eigenvalue weighted by Crippen LogP contribution is 2.41. The van der Waals surface area contributed by atoms with Crippen molar-refractivity contribution in [2.45, 2.75) is 13.0 Å². The van der Waals surface area contributed by atoms with Crippen LogP contribution in [0.1, 0.15) is 28.3 Å². The Morgan fingerprint density at radius 3 is 2.68 bits per heavy atom. The number of halogens is 1. The van der Waals surface area contributed by atoms with E-state index in [1.165, 1.54) is 12.1 Å². The Morgan fingerprint density at radius 1 is 1.16 bits per heavy atom. The van der Waals surface area contributed by atoms with Crippen LogP contribution in [0.15, 0.2) is 47.5 Å². The van der Waals surface area contributed by atoms with Gasteiger partial charge in [-0.3, -0.25) is 5.32 Å². The van der Waals surface area contributed by atoms with E-state index in [4.69, 9.17) is 16.7 Å². The lowest BCUT2D eigenvalue weighted by Gasteiger charge is -2.26. The number of anilines is 3. The molecule has 4 rings (SSSR count). The molecular formula is C22H17FN8. The number of guanidine groups is 1. The van der Waals surface area contributed by atoms with E-state index in [1.54, 1.807) is 6.07 Å². The minimum atomic E-state index is -0.645. The predicted molar refractivity (Wildman–Crippen MR) is 116 cm³/mol. The van der Waals surface area contributed by atoms with Crippen molar-refractivity contribution in [1.29, 1.82) is 10.5 Å². The van der Waals surface area contributed by atoms with Crippen molar-refractivity contribution < 1.29 is 4.39 Å². The molecule has 0 saturated heterocycles. The van der Waals surface area contributed by atoms with E-state index < -0.39 is 6.04 Å². The Labute approximate surface area is 177 Å². The minimum absolute atomic E-state index is 0.0149. The second kappa shape index (κ2) is 7.65. The van der Waals surface area contributed by atoms with Crippen LogP contribution in [0.4, 0.5) is 21.7 Å². The molecule has 0 amide bonds. The van der Waals surface area contributed by atoms with E-state index >= 15 is 0 Å². The second-order valence-electron chi connectivity index (χ2n) is 6.99. The Hall–Kier alpha value is -4.63. The number of nitrogens with zero attached hydrogens (tertiary/aromatic N) is 4. The maximum Gasteiger partial charge on any atom is 0.211 e. The first-order valence-corrected chi connectivity index (χ1v) is 9.28. The van der Waals surface area contributed by atoms with Crippen LogP contribution in [0.2, 0.25) is 0 Å². The summed E-state index contributed by atoms with van der Waals surface area (Å²) in [7, 11) is 0. The van der Waals surface area contributed by atoms with Crippen molar-refractivity contribution in [3.8, 4) is 23.4 Å². The molecule has 9 heteroatoms. The lowest BCUT2D eigenvalue weighted by Crippen LogP contribution is -2.32. The zero-order valence-corrected chi connectivity index (χ0v) is 16.4. The van der Waals surface area contributed by atoms with Crippen LogP contribution in [0, 0.1) is 35.5 Å². The van der Waals surface area contributed by atoms with Gasteiger partial charge in [-0.15, -0.1) is 0 Å². The number of benzene rings is 2. The zero-order chi connectivity index (χ0) is 22.1. The molecule has 0 aliphatic carbocycles. The van der Waals surface area contributed by atoms with Crippen LogP contribution >= 0.6 is 0 Å². The lowest BCUT2D eigenvalue weighted by molar-refractivity contribution is 0.627. The first-order chi connectivity index (χ1) is 14.9. The summed E-state index contributed by atoms with van der Waals surface area (Å²) in [6.07, 6.45) is 1.82. The van der Waals surface area contributed by atoms with Crippen molar-refractivity contribution in [1.82, 2.24) is 10.3 Å². The van der Waals surface area contributed by atoms with E-state index in [0.29, 0.717) is 11.4 Å². The normalized spacial score (nSPS) is 14.5. The topological polar surface area (TPSA) is 149 Å². The van der Waals surface area contributed by atoms with Gasteiger partial charge in [-0.1, -0.05) is 24.3 Å². The molecule has 0 spiro atoms. The number of nitrogen functional groups attached to an aromatic ring is 2. The van der Waals surface area contributed by atoms with Gasteiger partial charge in [0.2, 0.25) is 5.96 Å². The van der Waals surface area contributed by atoms with E-state index in [9.17, 15) is 9.65 Å². The highest BCUT2D eigenvalue weighted by molar-refractivity contribution is 5.98. The van der Waals surface area contributed by atoms with Gasteiger partial charge in [0.25, 0.3) is 0 Å². The van der Waals surface area contributed by atoms with Gasteiger partial charge in [0.05, 0.1) is 5.69 Å². The molecule has 0 fully saturated rings. The fraction of sp³-hybridized carbons (Fsp3) is 0.0909. The number of pyridine rings is 1. The van der Waals surface area contributed by atoms with Crippen molar-refractivity contribution >= 4 is 23.3 Å². The lowest BCUT2D eigenvalue weighted by atomic mass is 9.92. The molecule has 1 aromatic heterocycles. The van der Waals surface area contributed by atoms with Gasteiger partial charge in [-0.2, -0.15) is 10.5 Å². The minimum Gasteiger partial charge on any atom is -0.397 e. The second-order valence-corrected chi connectivity index (χ2v) is 6.99. The number of fused-ring (bicyclic) bond motifs is 1. The number of aromatic nitrogens is 1. The van der Waals surface area contributed by atoms with Gasteiger partial charge in [-0.25, -0.2) is 14.4 Å². The van der Waals surface area contributed by atoms with Gasteiger partial charge in [0.15, 0.2) is 6.19 Å². The smallest absolute Gasteiger partial charge is 0.211 e. The molecular weight excluding hydrogens is 395 g/mol. The third-order valence-electron chi connectivity index (χ3n) is 5.06. The van der Waals surface area contributed by atoms with E-state index in [1.807, 2.05) is 43.5 Å². The quantitative estimate of drug-likeness (QED) is 0.373. The Morgan fingerprint density at radius 2 is 1.97 bits per heavy atom. The molecule has 0 bridgehead atoms. The van der Waals surface area contributed by atoms with Crippen molar-refractivity contribution in [2.75, 3.05) is 16.8 Å². The summed E-state index contributed by atoms with van der Waals surface area (Å²) in [6.45, 7) is 1.84. The fourth-order valence-corrected chi connectivity index (χ4v) is 3.65. The predicted octanol–water partition coefficient (Wildman–Crippen LogP) is 3.17. The van der Waals surface area contributed by atoms with Gasteiger partial charge < -0.3 is 16.8 Å². The largest absolute Gasteiger partial charge is 0.397 e. The fourth-order valence-electron chi connectivity index (χ4n) is 3.65. The number of hydrogen-bond donors (Lipinski definition) is 4. The molecule has 6 N–H and O–H groups in total. The summed E-state index contributed by atoms with van der Waals surface area (Å²) in [5.41, 5.74) is 16.2. The van der Waals surface area contributed by atoms with Crippen LogP contribution in [0.25, 0.3) is 11.1 Å². The average molecular weight is 412 g/mol. The standard InChI is InChI=1S/C22H17FN8/c1-11-7-14(23)5-6-15(11)12-3-2-4-13(8-12)19-17-18(26)16(9-24)20(27)30-21(17)31-22(29-19)28-10-25/h2-8,19H,1H3,(H6,26,27,28,29,30,31). The third kappa shape index (κ3) is 3.45. The number of aliphatic imine (C=N–C) groups is 1. The van der Waals surface area contributed by atoms with Gasteiger partial charge in [-0.05, 0) is 47.4 Å². The summed E-state index contributed by atoms with van der Waals surface area (Å²) in [5, 5.41) is 23.8. The first kappa shape index (κ1) is 19.7. The summed E-state index contributed by atoms with van der Waals surface area (Å²) < 4.78 is 13.5. The average Bonchev–Trinajstić information content (AvgIpc) is 2.73. The number of aryl methyl sites for hydroxylation is 1. The maximum absolute atomic E-state index is 13.5. The monoisotopic (exact) mass is 412 g/mol. The highest BCUT2D eigenvalue weighted by atomic mass is 19.1. The first-order valence-electron chi connectivity index (χ1n) is 9.28. The molecule has 1 atom stereocenters. The Kier molecular flexibility index (Phi) is 4.86. The SMILES string of the molecule is Cc1cc(F)ccc1-c1cccc(C2N=C(NC#N)Nc3nc(N)c(C#N)c(N)c32)c1. The van der Waals surface area contributed by atoms with Gasteiger partial charge >= 0.3 is 0 Å². The van der Waals surface area contributed by atoms with E-state index in [0.717, 1.165) is 22.3 Å². The molecule has 0 radical (unpaired) electrons. The Bertz CT molecular complexity index is 1320. The Balaban J connectivity index is 1.90. The number of nitriles is 2. The van der Waals surface area contributed by atoms with E-state index in [-0.39, 0.29) is 28.8 Å². The highest BCUT2D eigenvalue weighted by Gasteiger charge is 2.29. The van der Waals surface area contributed by atoms with Gasteiger partial charge in [0, 0.05) is 5.56 Å². The third-order valence-corrected chi connectivity index (χ3v) is 5.06. The zero-order valence-electron chi connectivity index (χ0n) is 16.4. The molecule has 2 aromatic carbocycles. The maximum atomic E-state index is 13.5. The molecule has 2 heterocycles. The molecule has 3 aromatic rings. The summed E-state index contributed by atoms with van der Waals surface area (Å²) in [4.78, 5) is 8.81. The molecule has 8 nitrogen and oxygen atoms in total. The van der Waals surface area contributed by atoms with Crippen LogP contribution in [-0.4, -0.2) is 10.9 Å².